The highest BCUT2D eigenvalue weighted by atomic mass is 16.5. The van der Waals surface area contributed by atoms with Crippen molar-refractivity contribution in [2.75, 3.05) is 13.2 Å². The Morgan fingerprint density at radius 3 is 2.70 bits per heavy atom. The molecule has 3 N–H and O–H groups in total. The van der Waals surface area contributed by atoms with E-state index in [2.05, 4.69) is 5.32 Å². The first-order valence-electron chi connectivity index (χ1n) is 6.67. The molecule has 122 valence electrons. The van der Waals surface area contributed by atoms with Crippen LogP contribution in [0, 0.1) is 0 Å². The van der Waals surface area contributed by atoms with E-state index in [0.717, 1.165) is 6.92 Å². The average molecular weight is 321 g/mol. The summed E-state index contributed by atoms with van der Waals surface area (Å²) in [7, 11) is 0. The fourth-order valence-electron chi connectivity index (χ4n) is 1.68. The number of benzene rings is 1. The van der Waals surface area contributed by atoms with Gasteiger partial charge in [0, 0.05) is 17.5 Å². The van der Waals surface area contributed by atoms with Crippen molar-refractivity contribution in [3.05, 3.63) is 40.8 Å². The number of rotatable bonds is 6. The summed E-state index contributed by atoms with van der Waals surface area (Å²) >= 11 is 0. The van der Waals surface area contributed by atoms with E-state index in [9.17, 15) is 19.5 Å². The fourth-order valence-corrected chi connectivity index (χ4v) is 1.68. The van der Waals surface area contributed by atoms with Crippen LogP contribution in [0.4, 0.5) is 0 Å². The topological polar surface area (TPSA) is 126 Å². The van der Waals surface area contributed by atoms with Gasteiger partial charge in [0.05, 0.1) is 6.54 Å². The van der Waals surface area contributed by atoms with Crippen LogP contribution in [-0.4, -0.2) is 40.8 Å². The van der Waals surface area contributed by atoms with Crippen molar-refractivity contribution in [3.63, 3.8) is 0 Å². The summed E-state index contributed by atoms with van der Waals surface area (Å²) in [5.74, 6) is -1.73. The van der Waals surface area contributed by atoms with Gasteiger partial charge in [-0.15, -0.1) is 0 Å². The third kappa shape index (κ3) is 4.30. The number of carboxylic acids is 1. The van der Waals surface area contributed by atoms with Gasteiger partial charge in [-0.3, -0.25) is 4.79 Å². The summed E-state index contributed by atoms with van der Waals surface area (Å²) in [5.41, 5.74) is -2.23. The number of fused-ring (bicyclic) bond motifs is 1. The van der Waals surface area contributed by atoms with E-state index >= 15 is 0 Å². The Balaban J connectivity index is 1.94. The van der Waals surface area contributed by atoms with E-state index in [0.29, 0.717) is 16.7 Å². The number of hydrogen-bond donors (Lipinski definition) is 3. The average Bonchev–Trinajstić information content (AvgIpc) is 2.50. The predicted molar refractivity (Wildman–Crippen MR) is 79.2 cm³/mol. The molecule has 1 heterocycles. The third-order valence-electron chi connectivity index (χ3n) is 3.05. The molecule has 0 aliphatic rings. The quantitative estimate of drug-likeness (QED) is 0.645. The van der Waals surface area contributed by atoms with Crippen LogP contribution < -0.4 is 15.7 Å². The molecule has 1 amide bonds. The third-order valence-corrected chi connectivity index (χ3v) is 3.05. The maximum atomic E-state index is 11.6. The fraction of sp³-hybridized carbons (Fsp3) is 0.267. The Hall–Kier alpha value is -2.87. The van der Waals surface area contributed by atoms with Gasteiger partial charge in [0.15, 0.2) is 12.2 Å². The summed E-state index contributed by atoms with van der Waals surface area (Å²) in [4.78, 5) is 33.4. The van der Waals surface area contributed by atoms with Gasteiger partial charge in [-0.1, -0.05) is 0 Å². The van der Waals surface area contributed by atoms with Gasteiger partial charge < -0.3 is 24.7 Å². The van der Waals surface area contributed by atoms with Crippen LogP contribution in [0.3, 0.4) is 0 Å². The lowest BCUT2D eigenvalue weighted by molar-refractivity contribution is -0.156. The minimum Gasteiger partial charge on any atom is -0.484 e. The minimum atomic E-state index is -2.05. The van der Waals surface area contributed by atoms with Crippen LogP contribution in [0.25, 0.3) is 11.0 Å². The Morgan fingerprint density at radius 1 is 1.30 bits per heavy atom. The Morgan fingerprint density at radius 2 is 2.00 bits per heavy atom. The highest BCUT2D eigenvalue weighted by Crippen LogP contribution is 2.19. The second-order valence-electron chi connectivity index (χ2n) is 5.10. The molecule has 0 radical (unpaired) electrons. The van der Waals surface area contributed by atoms with Crippen LogP contribution in [0.5, 0.6) is 5.75 Å². The van der Waals surface area contributed by atoms with Crippen molar-refractivity contribution in [3.8, 4) is 5.75 Å². The van der Waals surface area contributed by atoms with E-state index in [1.807, 2.05) is 0 Å². The van der Waals surface area contributed by atoms with Crippen LogP contribution in [0.2, 0.25) is 0 Å². The second-order valence-corrected chi connectivity index (χ2v) is 5.10. The maximum Gasteiger partial charge on any atom is 0.337 e. The molecular formula is C15H15NO7. The normalized spacial score (nSPS) is 13.3. The number of carbonyl (C=O) groups excluding carboxylic acids is 1. The zero-order chi connectivity index (χ0) is 17.0. The van der Waals surface area contributed by atoms with E-state index in [1.54, 1.807) is 18.2 Å². The lowest BCUT2D eigenvalue weighted by Gasteiger charge is -2.18. The Bertz CT molecular complexity index is 794. The molecule has 23 heavy (non-hydrogen) atoms. The molecule has 1 aromatic carbocycles. The molecule has 0 spiro atoms. The molecule has 2 aromatic rings. The first-order chi connectivity index (χ1) is 10.8. The van der Waals surface area contributed by atoms with Gasteiger partial charge in [0.25, 0.3) is 5.91 Å². The summed E-state index contributed by atoms with van der Waals surface area (Å²) < 4.78 is 10.2. The summed E-state index contributed by atoms with van der Waals surface area (Å²) in [6.07, 6.45) is 0. The number of nitrogens with one attached hydrogen (secondary N) is 1. The number of aliphatic carboxylic acids is 1. The number of amides is 1. The molecule has 8 heteroatoms. The van der Waals surface area contributed by atoms with Crippen molar-refractivity contribution < 1.29 is 29.0 Å². The van der Waals surface area contributed by atoms with Crippen molar-refractivity contribution in [1.29, 1.82) is 0 Å². The predicted octanol–water partition coefficient (Wildman–Crippen LogP) is 0.124. The highest BCUT2D eigenvalue weighted by Gasteiger charge is 2.30. The SMILES string of the molecule is CC(O)(CNC(=O)COc1ccc2ccc(=O)oc2c1)C(=O)O. The van der Waals surface area contributed by atoms with E-state index in [1.165, 1.54) is 12.1 Å². The number of carbonyl (C=O) groups is 2. The molecule has 0 bridgehead atoms. The lowest BCUT2D eigenvalue weighted by atomic mass is 10.1. The minimum absolute atomic E-state index is 0.312. The number of ether oxygens (including phenoxy) is 1. The number of hydrogen-bond acceptors (Lipinski definition) is 6. The smallest absolute Gasteiger partial charge is 0.337 e. The zero-order valence-corrected chi connectivity index (χ0v) is 12.2. The standard InChI is InChI=1S/C15H15NO7/c1-15(21,14(19)20)8-16-12(17)7-22-10-4-2-9-3-5-13(18)23-11(9)6-10/h2-6,21H,7-8H2,1H3,(H,16,17)(H,19,20). The number of aliphatic hydroxyl groups is 1. The molecule has 1 atom stereocenters. The molecule has 8 nitrogen and oxygen atoms in total. The molecule has 0 aliphatic heterocycles. The Kier molecular flexibility index (Phi) is 4.65. The second kappa shape index (κ2) is 6.49. The number of carboxylic acid groups (broad SMARTS) is 1. The van der Waals surface area contributed by atoms with Crippen LogP contribution >= 0.6 is 0 Å². The molecule has 1 aromatic heterocycles. The molecule has 0 fully saturated rings. The van der Waals surface area contributed by atoms with Crippen molar-refractivity contribution in [2.24, 2.45) is 0 Å². The summed E-state index contributed by atoms with van der Waals surface area (Å²) in [5, 5.41) is 21.1. The van der Waals surface area contributed by atoms with E-state index < -0.39 is 29.6 Å². The molecular weight excluding hydrogens is 306 g/mol. The van der Waals surface area contributed by atoms with Gasteiger partial charge in [0.1, 0.15) is 11.3 Å². The van der Waals surface area contributed by atoms with Gasteiger partial charge in [-0.05, 0) is 25.1 Å². The lowest BCUT2D eigenvalue weighted by Crippen LogP contribution is -2.47. The molecule has 2 rings (SSSR count). The first kappa shape index (κ1) is 16.5. The van der Waals surface area contributed by atoms with Crippen molar-refractivity contribution in [2.45, 2.75) is 12.5 Å². The van der Waals surface area contributed by atoms with Gasteiger partial charge in [-0.2, -0.15) is 0 Å². The van der Waals surface area contributed by atoms with Crippen LogP contribution in [-0.2, 0) is 9.59 Å². The molecule has 0 aliphatic carbocycles. The summed E-state index contributed by atoms with van der Waals surface area (Å²) in [6, 6.07) is 7.64. The monoisotopic (exact) mass is 321 g/mol. The highest BCUT2D eigenvalue weighted by molar-refractivity contribution is 5.81. The largest absolute Gasteiger partial charge is 0.484 e. The first-order valence-corrected chi connectivity index (χ1v) is 6.67. The molecule has 0 saturated heterocycles. The Labute approximate surface area is 130 Å². The molecule has 1 unspecified atom stereocenters. The molecule has 0 saturated carbocycles. The van der Waals surface area contributed by atoms with E-state index in [-0.39, 0.29) is 6.61 Å². The summed E-state index contributed by atoms with van der Waals surface area (Å²) in [6.45, 7) is 0.247. The van der Waals surface area contributed by atoms with Gasteiger partial charge in [0.2, 0.25) is 0 Å². The zero-order valence-electron chi connectivity index (χ0n) is 12.2. The van der Waals surface area contributed by atoms with Crippen molar-refractivity contribution >= 4 is 22.8 Å². The maximum absolute atomic E-state index is 11.6. The van der Waals surface area contributed by atoms with Gasteiger partial charge in [-0.25, -0.2) is 9.59 Å². The van der Waals surface area contributed by atoms with Crippen molar-refractivity contribution in [1.82, 2.24) is 5.32 Å². The van der Waals surface area contributed by atoms with Crippen LogP contribution in [0.15, 0.2) is 39.5 Å². The van der Waals surface area contributed by atoms with Gasteiger partial charge >= 0.3 is 11.6 Å². The van der Waals surface area contributed by atoms with E-state index in [4.69, 9.17) is 14.3 Å². The van der Waals surface area contributed by atoms with Crippen LogP contribution in [0.1, 0.15) is 6.92 Å².